The average Bonchev–Trinajstić information content (AvgIpc) is 2.50. The van der Waals surface area contributed by atoms with Crippen molar-refractivity contribution in [1.29, 1.82) is 0 Å². The van der Waals surface area contributed by atoms with Crippen molar-refractivity contribution in [2.45, 2.75) is 11.8 Å². The summed E-state index contributed by atoms with van der Waals surface area (Å²) in [6.45, 7) is 1.13. The predicted molar refractivity (Wildman–Crippen MR) is 76.9 cm³/mol. The van der Waals surface area contributed by atoms with Crippen molar-refractivity contribution < 1.29 is 23.1 Å². The van der Waals surface area contributed by atoms with Crippen LogP contribution in [0.2, 0.25) is 0 Å². The molecule has 1 aromatic carbocycles. The minimum atomic E-state index is -3.80. The minimum Gasteiger partial charge on any atom is -0.468 e. The Hall–Kier alpha value is -1.88. The van der Waals surface area contributed by atoms with Crippen LogP contribution < -0.4 is 0 Å². The van der Waals surface area contributed by atoms with E-state index in [-0.39, 0.29) is 24.6 Å². The van der Waals surface area contributed by atoms with Gasteiger partial charge in [-0.15, -0.1) is 0 Å². The SMILES string of the molecule is CCN(CC(=O)OC)S(=O)(=O)c1cccc(C#CCO)c1. The maximum absolute atomic E-state index is 12.5. The number of carbonyl (C=O) groups is 1. The first-order valence-corrected chi connectivity index (χ1v) is 7.66. The Morgan fingerprint density at radius 3 is 2.71 bits per heavy atom. The van der Waals surface area contributed by atoms with E-state index in [0.29, 0.717) is 5.56 Å². The van der Waals surface area contributed by atoms with Crippen LogP contribution in [0.25, 0.3) is 0 Å². The van der Waals surface area contributed by atoms with Gasteiger partial charge in [0.25, 0.3) is 0 Å². The zero-order valence-corrected chi connectivity index (χ0v) is 12.7. The van der Waals surface area contributed by atoms with Gasteiger partial charge in [0.1, 0.15) is 13.2 Å². The van der Waals surface area contributed by atoms with E-state index in [9.17, 15) is 13.2 Å². The predicted octanol–water partition coefficient (Wildman–Crippen LogP) is 0.214. The second-order valence-corrected chi connectivity index (χ2v) is 5.93. The molecule has 0 unspecified atom stereocenters. The number of benzene rings is 1. The summed E-state index contributed by atoms with van der Waals surface area (Å²) in [6, 6.07) is 6.02. The molecule has 0 aliphatic rings. The van der Waals surface area contributed by atoms with Crippen LogP contribution in [-0.4, -0.2) is 50.6 Å². The van der Waals surface area contributed by atoms with Gasteiger partial charge in [0.2, 0.25) is 10.0 Å². The first-order chi connectivity index (χ1) is 9.95. The Morgan fingerprint density at radius 2 is 2.14 bits per heavy atom. The Bertz CT molecular complexity index is 657. The van der Waals surface area contributed by atoms with Crippen LogP contribution in [0.5, 0.6) is 0 Å². The van der Waals surface area contributed by atoms with E-state index in [2.05, 4.69) is 16.6 Å². The molecule has 1 N–H and O–H groups in total. The molecule has 0 saturated carbocycles. The summed E-state index contributed by atoms with van der Waals surface area (Å²) in [5, 5.41) is 8.66. The Morgan fingerprint density at radius 1 is 1.43 bits per heavy atom. The number of ether oxygens (including phenoxy) is 1. The zero-order valence-electron chi connectivity index (χ0n) is 11.9. The third-order valence-electron chi connectivity index (χ3n) is 2.67. The highest BCUT2D eigenvalue weighted by atomic mass is 32.2. The van der Waals surface area contributed by atoms with Crippen molar-refractivity contribution in [1.82, 2.24) is 4.31 Å². The fourth-order valence-electron chi connectivity index (χ4n) is 1.60. The third-order valence-corrected chi connectivity index (χ3v) is 4.59. The average molecular weight is 311 g/mol. The molecule has 21 heavy (non-hydrogen) atoms. The standard InChI is InChI=1S/C14H17NO5S/c1-3-15(11-14(17)20-2)21(18,19)13-8-4-6-12(10-13)7-5-9-16/h4,6,8,10,16H,3,9,11H2,1-2H3. The molecule has 0 amide bonds. The molecule has 6 nitrogen and oxygen atoms in total. The van der Waals surface area contributed by atoms with Crippen molar-refractivity contribution in [3.8, 4) is 11.8 Å². The Kier molecular flexibility index (Phi) is 6.37. The summed E-state index contributed by atoms with van der Waals surface area (Å²) >= 11 is 0. The summed E-state index contributed by atoms with van der Waals surface area (Å²) < 4.78 is 30.4. The third kappa shape index (κ3) is 4.56. The van der Waals surface area contributed by atoms with Gasteiger partial charge >= 0.3 is 5.97 Å². The summed E-state index contributed by atoms with van der Waals surface area (Å²) in [5.41, 5.74) is 0.472. The van der Waals surface area contributed by atoms with Gasteiger partial charge in [0, 0.05) is 12.1 Å². The number of aliphatic hydroxyl groups is 1. The van der Waals surface area contributed by atoms with Crippen molar-refractivity contribution in [3.63, 3.8) is 0 Å². The maximum atomic E-state index is 12.5. The van der Waals surface area contributed by atoms with Crippen LogP contribution in [0.15, 0.2) is 29.2 Å². The van der Waals surface area contributed by atoms with Crippen LogP contribution in [0, 0.1) is 11.8 Å². The molecule has 114 valence electrons. The molecule has 0 spiro atoms. The van der Waals surface area contributed by atoms with E-state index < -0.39 is 16.0 Å². The van der Waals surface area contributed by atoms with Crippen molar-refractivity contribution in [3.05, 3.63) is 29.8 Å². The van der Waals surface area contributed by atoms with Gasteiger partial charge in [-0.3, -0.25) is 4.79 Å². The molecular weight excluding hydrogens is 294 g/mol. The number of aliphatic hydroxyl groups excluding tert-OH is 1. The molecule has 0 heterocycles. The summed E-state index contributed by atoms with van der Waals surface area (Å²) in [5.74, 6) is 4.46. The van der Waals surface area contributed by atoms with Gasteiger partial charge in [-0.25, -0.2) is 8.42 Å². The molecule has 0 atom stereocenters. The zero-order chi connectivity index (χ0) is 15.9. The molecule has 0 aromatic heterocycles. The van der Waals surface area contributed by atoms with Crippen molar-refractivity contribution in [2.24, 2.45) is 0 Å². The minimum absolute atomic E-state index is 0.0398. The number of sulfonamides is 1. The van der Waals surface area contributed by atoms with Crippen molar-refractivity contribution >= 4 is 16.0 Å². The quantitative estimate of drug-likeness (QED) is 0.621. The number of likely N-dealkylation sites (N-methyl/N-ethyl adjacent to an activating group) is 1. The molecule has 1 rings (SSSR count). The van der Waals surface area contributed by atoms with Crippen molar-refractivity contribution in [2.75, 3.05) is 26.8 Å². The highest BCUT2D eigenvalue weighted by molar-refractivity contribution is 7.89. The van der Waals surface area contributed by atoms with Gasteiger partial charge in [-0.2, -0.15) is 4.31 Å². The van der Waals surface area contributed by atoms with Crippen LogP contribution in [-0.2, 0) is 19.6 Å². The van der Waals surface area contributed by atoms with Gasteiger partial charge in [0.15, 0.2) is 0 Å². The molecular formula is C14H17NO5S. The van der Waals surface area contributed by atoms with E-state index in [1.807, 2.05) is 0 Å². The second-order valence-electron chi connectivity index (χ2n) is 4.00. The maximum Gasteiger partial charge on any atom is 0.321 e. The van der Waals surface area contributed by atoms with Gasteiger partial charge < -0.3 is 9.84 Å². The van der Waals surface area contributed by atoms with Gasteiger partial charge in [-0.1, -0.05) is 24.8 Å². The Balaban J connectivity index is 3.13. The first-order valence-electron chi connectivity index (χ1n) is 6.22. The number of carbonyl (C=O) groups excluding carboxylic acids is 1. The van der Waals surface area contributed by atoms with E-state index >= 15 is 0 Å². The smallest absolute Gasteiger partial charge is 0.321 e. The van der Waals surface area contributed by atoms with Crippen LogP contribution in [0.4, 0.5) is 0 Å². The van der Waals surface area contributed by atoms with Crippen LogP contribution in [0.3, 0.4) is 0 Å². The second kappa shape index (κ2) is 7.78. The largest absolute Gasteiger partial charge is 0.468 e. The topological polar surface area (TPSA) is 83.9 Å². The number of hydrogen-bond acceptors (Lipinski definition) is 5. The molecule has 1 aromatic rings. The number of methoxy groups -OCH3 is 1. The molecule has 0 saturated heterocycles. The number of hydrogen-bond donors (Lipinski definition) is 1. The molecule has 0 bridgehead atoms. The fraction of sp³-hybridized carbons (Fsp3) is 0.357. The lowest BCUT2D eigenvalue weighted by atomic mass is 10.2. The normalized spacial score (nSPS) is 10.9. The number of nitrogens with zero attached hydrogens (tertiary/aromatic N) is 1. The van der Waals surface area contributed by atoms with Crippen LogP contribution in [0.1, 0.15) is 12.5 Å². The summed E-state index contributed by atoms with van der Waals surface area (Å²) in [4.78, 5) is 11.3. The Labute approximate surface area is 124 Å². The summed E-state index contributed by atoms with van der Waals surface area (Å²) in [7, 11) is -2.60. The molecule has 0 fully saturated rings. The first kappa shape index (κ1) is 17.2. The highest BCUT2D eigenvalue weighted by Crippen LogP contribution is 2.16. The lowest BCUT2D eigenvalue weighted by Crippen LogP contribution is -2.36. The van der Waals surface area contributed by atoms with E-state index in [1.54, 1.807) is 19.1 Å². The highest BCUT2D eigenvalue weighted by Gasteiger charge is 2.25. The monoisotopic (exact) mass is 311 g/mol. The number of esters is 1. The molecule has 0 radical (unpaired) electrons. The summed E-state index contributed by atoms with van der Waals surface area (Å²) in [6.07, 6.45) is 0. The van der Waals surface area contributed by atoms with Crippen LogP contribution >= 0.6 is 0 Å². The van der Waals surface area contributed by atoms with Gasteiger partial charge in [0.05, 0.1) is 12.0 Å². The lowest BCUT2D eigenvalue weighted by Gasteiger charge is -2.19. The molecule has 7 heteroatoms. The van der Waals surface area contributed by atoms with E-state index in [1.165, 1.54) is 19.2 Å². The van der Waals surface area contributed by atoms with Gasteiger partial charge in [-0.05, 0) is 18.2 Å². The number of rotatable bonds is 5. The molecule has 0 aliphatic carbocycles. The van der Waals surface area contributed by atoms with E-state index in [4.69, 9.17) is 5.11 Å². The van der Waals surface area contributed by atoms with E-state index in [0.717, 1.165) is 4.31 Å². The fourth-order valence-corrected chi connectivity index (χ4v) is 3.04. The lowest BCUT2D eigenvalue weighted by molar-refractivity contribution is -0.140. The molecule has 0 aliphatic heterocycles.